The Balaban J connectivity index is 2.02. The number of methoxy groups -OCH3 is 1. The molecule has 0 amide bonds. The molecule has 0 saturated carbocycles. The number of aromatic nitrogens is 2. The Hall–Kier alpha value is -2.08. The van der Waals surface area contributed by atoms with E-state index in [1.54, 1.807) is 6.07 Å². The third-order valence-electron chi connectivity index (χ3n) is 3.32. The molecular formula is C13H16N4O2. The van der Waals surface area contributed by atoms with Crippen molar-refractivity contribution in [2.24, 2.45) is 0 Å². The molecule has 1 aromatic heterocycles. The minimum atomic E-state index is -0.357. The Labute approximate surface area is 110 Å². The maximum absolute atomic E-state index is 11.7. The van der Waals surface area contributed by atoms with Crippen LogP contribution in [-0.2, 0) is 4.74 Å². The number of anilines is 1. The minimum absolute atomic E-state index is 0.357. The fraction of sp³-hybridized carbons (Fsp3) is 0.385. The van der Waals surface area contributed by atoms with Gasteiger partial charge in [0.2, 0.25) is 5.95 Å². The van der Waals surface area contributed by atoms with Gasteiger partial charge in [0.15, 0.2) is 0 Å². The van der Waals surface area contributed by atoms with Gasteiger partial charge in [0.25, 0.3) is 0 Å². The number of benzene rings is 1. The number of nitrogens with zero attached hydrogens (tertiary/aromatic N) is 2. The Morgan fingerprint density at radius 1 is 1.37 bits per heavy atom. The molecule has 0 unspecified atom stereocenters. The predicted molar refractivity (Wildman–Crippen MR) is 72.5 cm³/mol. The molecule has 0 bridgehead atoms. The fourth-order valence-electron chi connectivity index (χ4n) is 2.32. The molecule has 0 atom stereocenters. The lowest BCUT2D eigenvalue weighted by molar-refractivity contribution is 0.0603. The van der Waals surface area contributed by atoms with Gasteiger partial charge in [-0.3, -0.25) is 0 Å². The fourth-order valence-corrected chi connectivity index (χ4v) is 2.32. The van der Waals surface area contributed by atoms with Crippen LogP contribution < -0.4 is 10.2 Å². The van der Waals surface area contributed by atoms with Crippen LogP contribution in [-0.4, -0.2) is 49.2 Å². The van der Waals surface area contributed by atoms with E-state index in [0.29, 0.717) is 11.1 Å². The molecule has 1 aromatic carbocycles. The van der Waals surface area contributed by atoms with Gasteiger partial charge in [-0.2, -0.15) is 0 Å². The number of carbonyl (C=O) groups is 1. The summed E-state index contributed by atoms with van der Waals surface area (Å²) in [5, 5.41) is 3.30. The lowest BCUT2D eigenvalue weighted by Crippen LogP contribution is -2.44. The number of hydrogen-bond donors (Lipinski definition) is 2. The van der Waals surface area contributed by atoms with Crippen LogP contribution in [0.4, 0.5) is 5.95 Å². The number of rotatable bonds is 2. The third-order valence-corrected chi connectivity index (χ3v) is 3.32. The summed E-state index contributed by atoms with van der Waals surface area (Å²) >= 11 is 0. The SMILES string of the molecule is COC(=O)c1cccc2[nH]c(N3CCNCC3)nc12. The van der Waals surface area contributed by atoms with Crippen molar-refractivity contribution in [3.63, 3.8) is 0 Å². The zero-order valence-corrected chi connectivity index (χ0v) is 10.8. The average Bonchev–Trinajstić information content (AvgIpc) is 2.91. The molecule has 1 saturated heterocycles. The van der Waals surface area contributed by atoms with Gasteiger partial charge in [-0.05, 0) is 12.1 Å². The zero-order valence-electron chi connectivity index (χ0n) is 10.8. The Kier molecular flexibility index (Phi) is 3.08. The highest BCUT2D eigenvalue weighted by Crippen LogP contribution is 2.21. The molecule has 2 N–H and O–H groups in total. The molecule has 1 fully saturated rings. The summed E-state index contributed by atoms with van der Waals surface area (Å²) in [6, 6.07) is 5.48. The second-order valence-corrected chi connectivity index (χ2v) is 4.49. The molecule has 2 aromatic rings. The number of H-pyrrole nitrogens is 1. The molecule has 0 radical (unpaired) electrons. The van der Waals surface area contributed by atoms with Crippen LogP contribution in [0.3, 0.4) is 0 Å². The van der Waals surface area contributed by atoms with E-state index in [1.165, 1.54) is 7.11 Å². The number of carbonyl (C=O) groups excluding carboxylic acids is 1. The number of esters is 1. The number of fused-ring (bicyclic) bond motifs is 1. The molecule has 6 nitrogen and oxygen atoms in total. The van der Waals surface area contributed by atoms with E-state index >= 15 is 0 Å². The number of nitrogens with one attached hydrogen (secondary N) is 2. The number of hydrogen-bond acceptors (Lipinski definition) is 5. The van der Waals surface area contributed by atoms with Crippen molar-refractivity contribution in [3.8, 4) is 0 Å². The Bertz CT molecular complexity index is 602. The normalized spacial score (nSPS) is 15.7. The van der Waals surface area contributed by atoms with Gasteiger partial charge < -0.3 is 19.9 Å². The Morgan fingerprint density at radius 2 is 2.16 bits per heavy atom. The molecule has 2 heterocycles. The van der Waals surface area contributed by atoms with E-state index in [9.17, 15) is 4.79 Å². The number of para-hydroxylation sites is 1. The number of ether oxygens (including phenoxy) is 1. The van der Waals surface area contributed by atoms with Crippen LogP contribution in [0.2, 0.25) is 0 Å². The molecule has 1 aliphatic heterocycles. The summed E-state index contributed by atoms with van der Waals surface area (Å²) in [5.74, 6) is 0.455. The van der Waals surface area contributed by atoms with E-state index in [-0.39, 0.29) is 5.97 Å². The van der Waals surface area contributed by atoms with E-state index in [1.807, 2.05) is 12.1 Å². The standard InChI is InChI=1S/C13H16N4O2/c1-19-12(18)9-3-2-4-10-11(9)16-13(15-10)17-7-5-14-6-8-17/h2-4,14H,5-8H2,1H3,(H,15,16). The van der Waals surface area contributed by atoms with E-state index in [2.05, 4.69) is 20.2 Å². The van der Waals surface area contributed by atoms with Crippen LogP contribution in [0.25, 0.3) is 11.0 Å². The number of imidazole rings is 1. The minimum Gasteiger partial charge on any atom is -0.465 e. The summed E-state index contributed by atoms with van der Waals surface area (Å²) in [6.45, 7) is 3.71. The van der Waals surface area contributed by atoms with Gasteiger partial charge in [-0.1, -0.05) is 6.07 Å². The molecular weight excluding hydrogens is 244 g/mol. The van der Waals surface area contributed by atoms with Crippen LogP contribution in [0.5, 0.6) is 0 Å². The number of aromatic amines is 1. The maximum atomic E-state index is 11.7. The lowest BCUT2D eigenvalue weighted by atomic mass is 10.2. The van der Waals surface area contributed by atoms with Gasteiger partial charge in [0.05, 0.1) is 18.2 Å². The van der Waals surface area contributed by atoms with Crippen molar-refractivity contribution in [2.75, 3.05) is 38.2 Å². The van der Waals surface area contributed by atoms with Crippen molar-refractivity contribution >= 4 is 23.0 Å². The van der Waals surface area contributed by atoms with Gasteiger partial charge >= 0.3 is 5.97 Å². The number of piperazine rings is 1. The molecule has 3 rings (SSSR count). The third kappa shape index (κ3) is 2.15. The monoisotopic (exact) mass is 260 g/mol. The molecule has 0 aliphatic carbocycles. The first kappa shape index (κ1) is 12.0. The van der Waals surface area contributed by atoms with Gasteiger partial charge in [0.1, 0.15) is 5.52 Å². The largest absolute Gasteiger partial charge is 0.465 e. The quantitative estimate of drug-likeness (QED) is 0.780. The molecule has 1 aliphatic rings. The molecule has 0 spiro atoms. The summed E-state index contributed by atoms with van der Waals surface area (Å²) < 4.78 is 4.78. The smallest absolute Gasteiger partial charge is 0.340 e. The van der Waals surface area contributed by atoms with Gasteiger partial charge in [-0.25, -0.2) is 9.78 Å². The Morgan fingerprint density at radius 3 is 2.89 bits per heavy atom. The zero-order chi connectivity index (χ0) is 13.2. The summed E-state index contributed by atoms with van der Waals surface area (Å²) in [7, 11) is 1.38. The van der Waals surface area contributed by atoms with E-state index in [0.717, 1.165) is 37.6 Å². The summed E-state index contributed by atoms with van der Waals surface area (Å²) in [6.07, 6.45) is 0. The highest BCUT2D eigenvalue weighted by atomic mass is 16.5. The van der Waals surface area contributed by atoms with Crippen molar-refractivity contribution in [2.45, 2.75) is 0 Å². The van der Waals surface area contributed by atoms with Crippen LogP contribution in [0, 0.1) is 0 Å². The molecule has 100 valence electrons. The van der Waals surface area contributed by atoms with Crippen molar-refractivity contribution in [3.05, 3.63) is 23.8 Å². The maximum Gasteiger partial charge on any atom is 0.340 e. The highest BCUT2D eigenvalue weighted by molar-refractivity contribution is 6.02. The van der Waals surface area contributed by atoms with Gasteiger partial charge in [-0.15, -0.1) is 0 Å². The van der Waals surface area contributed by atoms with E-state index in [4.69, 9.17) is 4.74 Å². The first-order valence-electron chi connectivity index (χ1n) is 6.32. The van der Waals surface area contributed by atoms with Crippen LogP contribution in [0.1, 0.15) is 10.4 Å². The second-order valence-electron chi connectivity index (χ2n) is 4.49. The predicted octanol–water partition coefficient (Wildman–Crippen LogP) is 0.759. The summed E-state index contributed by atoms with van der Waals surface area (Å²) in [5.41, 5.74) is 2.02. The van der Waals surface area contributed by atoms with Crippen molar-refractivity contribution < 1.29 is 9.53 Å². The topological polar surface area (TPSA) is 70.2 Å². The first-order chi connectivity index (χ1) is 9.29. The first-order valence-corrected chi connectivity index (χ1v) is 6.32. The molecule has 6 heteroatoms. The van der Waals surface area contributed by atoms with Crippen LogP contribution in [0.15, 0.2) is 18.2 Å². The van der Waals surface area contributed by atoms with Gasteiger partial charge in [0, 0.05) is 26.2 Å². The van der Waals surface area contributed by atoms with Crippen molar-refractivity contribution in [1.82, 2.24) is 15.3 Å². The molecule has 19 heavy (non-hydrogen) atoms. The van der Waals surface area contributed by atoms with Crippen molar-refractivity contribution in [1.29, 1.82) is 0 Å². The lowest BCUT2D eigenvalue weighted by Gasteiger charge is -2.26. The summed E-state index contributed by atoms with van der Waals surface area (Å²) in [4.78, 5) is 21.7. The highest BCUT2D eigenvalue weighted by Gasteiger charge is 2.18. The second kappa shape index (κ2) is 4.89. The van der Waals surface area contributed by atoms with Crippen LogP contribution >= 0.6 is 0 Å². The average molecular weight is 260 g/mol. The van der Waals surface area contributed by atoms with E-state index < -0.39 is 0 Å².